The highest BCUT2D eigenvalue weighted by molar-refractivity contribution is 5.89. The second-order valence-corrected chi connectivity index (χ2v) is 4.38. The largest absolute Gasteiger partial charge is 0.477 e. The lowest BCUT2D eigenvalue weighted by molar-refractivity contribution is -0.142. The average molecular weight is 265 g/mol. The highest BCUT2D eigenvalue weighted by Gasteiger charge is 2.29. The van der Waals surface area contributed by atoms with Crippen LogP contribution in [0.15, 0.2) is 18.3 Å². The second kappa shape index (κ2) is 5.13. The monoisotopic (exact) mass is 265 g/mol. The van der Waals surface area contributed by atoms with Gasteiger partial charge in [-0.3, -0.25) is 9.59 Å². The Hall–Kier alpha value is -2.31. The minimum atomic E-state index is -1.08. The molecule has 1 aromatic rings. The maximum atomic E-state index is 12.1. The summed E-state index contributed by atoms with van der Waals surface area (Å²) in [6.07, 6.45) is 1.54. The maximum absolute atomic E-state index is 12.1. The molecule has 0 aliphatic carbocycles. The summed E-state index contributed by atoms with van der Waals surface area (Å²) in [5, 5.41) is 11.6. The molecule has 1 unspecified atom stereocenters. The lowest BCUT2D eigenvalue weighted by Crippen LogP contribution is -2.56. The summed E-state index contributed by atoms with van der Waals surface area (Å²) in [5.41, 5.74) is 0.0578. The van der Waals surface area contributed by atoms with Gasteiger partial charge in [-0.05, 0) is 19.1 Å². The Morgan fingerprint density at radius 2 is 2.26 bits per heavy atom. The van der Waals surface area contributed by atoms with Crippen molar-refractivity contribution in [3.8, 4) is 0 Å². The summed E-state index contributed by atoms with van der Waals surface area (Å²) in [4.78, 5) is 36.0. The molecule has 7 nitrogen and oxygen atoms in total. The normalized spacial score (nSPS) is 19.1. The molecule has 2 rings (SSSR count). The van der Waals surface area contributed by atoms with E-state index in [4.69, 9.17) is 5.11 Å². The van der Waals surface area contributed by atoms with Crippen LogP contribution in [0.25, 0.3) is 0 Å². The van der Waals surface area contributed by atoms with E-state index in [2.05, 4.69) is 5.32 Å². The van der Waals surface area contributed by atoms with Crippen LogP contribution in [0.5, 0.6) is 0 Å². The van der Waals surface area contributed by atoms with E-state index in [0.717, 1.165) is 0 Å². The molecule has 2 N–H and O–H groups in total. The van der Waals surface area contributed by atoms with Crippen LogP contribution < -0.4 is 5.32 Å². The van der Waals surface area contributed by atoms with E-state index >= 15 is 0 Å². The number of nitrogens with one attached hydrogen (secondary N) is 1. The number of carboxylic acid groups (broad SMARTS) is 1. The zero-order chi connectivity index (χ0) is 14.0. The van der Waals surface area contributed by atoms with Gasteiger partial charge < -0.3 is 19.9 Å². The van der Waals surface area contributed by atoms with Crippen molar-refractivity contribution in [2.75, 3.05) is 13.1 Å². The van der Waals surface area contributed by atoms with Gasteiger partial charge in [-0.1, -0.05) is 0 Å². The Balaban J connectivity index is 2.10. The fourth-order valence-corrected chi connectivity index (χ4v) is 2.11. The molecule has 0 saturated carbocycles. The maximum Gasteiger partial charge on any atom is 0.352 e. The molecule has 2 amide bonds. The zero-order valence-electron chi connectivity index (χ0n) is 10.5. The predicted molar refractivity (Wildman–Crippen MR) is 65.6 cm³/mol. The minimum Gasteiger partial charge on any atom is -0.477 e. The topological polar surface area (TPSA) is 91.6 Å². The van der Waals surface area contributed by atoms with Crippen molar-refractivity contribution in [3.05, 3.63) is 24.0 Å². The fourth-order valence-electron chi connectivity index (χ4n) is 2.11. The number of carboxylic acids is 1. The van der Waals surface area contributed by atoms with Crippen molar-refractivity contribution in [1.29, 1.82) is 0 Å². The number of nitrogens with zero attached hydrogens (tertiary/aromatic N) is 2. The first-order chi connectivity index (χ1) is 9.00. The summed E-state index contributed by atoms with van der Waals surface area (Å²) >= 11 is 0. The van der Waals surface area contributed by atoms with E-state index in [-0.39, 0.29) is 24.1 Å². The van der Waals surface area contributed by atoms with E-state index in [1.165, 1.54) is 21.7 Å². The molecule has 0 radical (unpaired) electrons. The van der Waals surface area contributed by atoms with Crippen molar-refractivity contribution < 1.29 is 19.5 Å². The van der Waals surface area contributed by atoms with Crippen molar-refractivity contribution in [1.82, 2.24) is 14.8 Å². The van der Waals surface area contributed by atoms with Crippen LogP contribution in [0, 0.1) is 0 Å². The molecule has 0 aromatic carbocycles. The van der Waals surface area contributed by atoms with Gasteiger partial charge in [0.25, 0.3) is 0 Å². The van der Waals surface area contributed by atoms with E-state index in [1.807, 2.05) is 0 Å². The van der Waals surface area contributed by atoms with E-state index in [1.54, 1.807) is 13.0 Å². The van der Waals surface area contributed by atoms with Crippen molar-refractivity contribution in [3.63, 3.8) is 0 Å². The second-order valence-electron chi connectivity index (χ2n) is 4.38. The summed E-state index contributed by atoms with van der Waals surface area (Å²) in [7, 11) is 0. The average Bonchev–Trinajstić information content (AvgIpc) is 2.80. The molecule has 1 aliphatic heterocycles. The Bertz CT molecular complexity index is 523. The number of carbonyl (C=O) groups is 3. The molecule has 0 bridgehead atoms. The van der Waals surface area contributed by atoms with Gasteiger partial charge in [0.05, 0.1) is 0 Å². The highest BCUT2D eigenvalue weighted by Crippen LogP contribution is 2.08. The molecule has 102 valence electrons. The molecular formula is C12H15N3O4. The fraction of sp³-hybridized carbons (Fsp3) is 0.417. The van der Waals surface area contributed by atoms with Crippen LogP contribution in [-0.2, 0) is 16.1 Å². The molecule has 2 heterocycles. The standard InChI is InChI=1S/C12H15N3O4/c1-8-11(17)13-4-6-15(8)10(16)7-14-5-2-3-9(14)12(18)19/h2-3,5,8H,4,6-7H2,1H3,(H,13,17)(H,18,19). The summed E-state index contributed by atoms with van der Waals surface area (Å²) < 4.78 is 1.36. The molecule has 1 fully saturated rings. The number of piperazine rings is 1. The third-order valence-corrected chi connectivity index (χ3v) is 3.17. The Labute approximate surface area is 109 Å². The van der Waals surface area contributed by atoms with Crippen molar-refractivity contribution in [2.45, 2.75) is 19.5 Å². The number of aromatic nitrogens is 1. The van der Waals surface area contributed by atoms with Gasteiger partial charge in [0.2, 0.25) is 11.8 Å². The van der Waals surface area contributed by atoms with Gasteiger partial charge in [0, 0.05) is 19.3 Å². The van der Waals surface area contributed by atoms with Gasteiger partial charge in [-0.2, -0.15) is 0 Å². The number of hydrogen-bond acceptors (Lipinski definition) is 3. The van der Waals surface area contributed by atoms with Gasteiger partial charge in [-0.15, -0.1) is 0 Å². The summed E-state index contributed by atoms with van der Waals surface area (Å²) in [5.74, 6) is -1.53. The molecule has 1 saturated heterocycles. The van der Waals surface area contributed by atoms with E-state index < -0.39 is 12.0 Å². The molecule has 19 heavy (non-hydrogen) atoms. The van der Waals surface area contributed by atoms with Crippen molar-refractivity contribution in [2.24, 2.45) is 0 Å². The summed E-state index contributed by atoms with van der Waals surface area (Å²) in [6.45, 7) is 2.44. The smallest absolute Gasteiger partial charge is 0.352 e. The van der Waals surface area contributed by atoms with Crippen LogP contribution in [0.1, 0.15) is 17.4 Å². The third-order valence-electron chi connectivity index (χ3n) is 3.17. The first-order valence-corrected chi connectivity index (χ1v) is 5.96. The lowest BCUT2D eigenvalue weighted by atomic mass is 10.2. The number of hydrogen-bond donors (Lipinski definition) is 2. The number of carbonyl (C=O) groups excluding carboxylic acids is 2. The van der Waals surface area contributed by atoms with Crippen LogP contribution in [0.4, 0.5) is 0 Å². The quantitative estimate of drug-likeness (QED) is 0.773. The Morgan fingerprint density at radius 1 is 1.53 bits per heavy atom. The molecule has 1 atom stereocenters. The van der Waals surface area contributed by atoms with Crippen LogP contribution in [0.2, 0.25) is 0 Å². The first kappa shape index (κ1) is 13.1. The SMILES string of the molecule is CC1C(=O)NCCN1C(=O)Cn1cccc1C(=O)O. The van der Waals surface area contributed by atoms with Crippen LogP contribution in [0.3, 0.4) is 0 Å². The van der Waals surface area contributed by atoms with Crippen LogP contribution >= 0.6 is 0 Å². The van der Waals surface area contributed by atoms with Gasteiger partial charge in [0.15, 0.2) is 0 Å². The van der Waals surface area contributed by atoms with Gasteiger partial charge in [0.1, 0.15) is 18.3 Å². The molecule has 0 spiro atoms. The number of amides is 2. The molecular weight excluding hydrogens is 250 g/mol. The molecule has 1 aliphatic rings. The summed E-state index contributed by atoms with van der Waals surface area (Å²) in [6, 6.07) is 2.48. The van der Waals surface area contributed by atoms with Gasteiger partial charge >= 0.3 is 5.97 Å². The molecule has 1 aromatic heterocycles. The minimum absolute atomic E-state index is 0.0578. The lowest BCUT2D eigenvalue weighted by Gasteiger charge is -2.33. The van der Waals surface area contributed by atoms with E-state index in [9.17, 15) is 14.4 Å². The Kier molecular flexibility index (Phi) is 3.55. The number of rotatable bonds is 3. The van der Waals surface area contributed by atoms with Gasteiger partial charge in [-0.25, -0.2) is 4.79 Å². The zero-order valence-corrected chi connectivity index (χ0v) is 10.5. The molecule has 7 heteroatoms. The van der Waals surface area contributed by atoms with Crippen molar-refractivity contribution >= 4 is 17.8 Å². The van der Waals surface area contributed by atoms with Crippen LogP contribution in [-0.4, -0.2) is 51.5 Å². The predicted octanol–water partition coefficient (Wildman–Crippen LogP) is -0.467. The number of aromatic carboxylic acids is 1. The van der Waals surface area contributed by atoms with E-state index in [0.29, 0.717) is 13.1 Å². The first-order valence-electron chi connectivity index (χ1n) is 5.96. The Morgan fingerprint density at radius 3 is 2.95 bits per heavy atom. The highest BCUT2D eigenvalue weighted by atomic mass is 16.4. The third kappa shape index (κ3) is 2.59.